The smallest absolute Gasteiger partial charge is 0.0468 e. The van der Waals surface area contributed by atoms with Crippen molar-refractivity contribution in [2.45, 2.75) is 59.8 Å². The van der Waals surface area contributed by atoms with Gasteiger partial charge in [0.25, 0.3) is 0 Å². The number of anilines is 6. The van der Waals surface area contributed by atoms with E-state index in [-0.39, 0.29) is 5.41 Å². The lowest BCUT2D eigenvalue weighted by molar-refractivity contribution is 0.590. The number of hydrogen-bond donors (Lipinski definition) is 0. The van der Waals surface area contributed by atoms with Crippen LogP contribution in [-0.2, 0) is 5.41 Å². The maximum absolute atomic E-state index is 2.48. The Hall–Kier alpha value is -8.72. The standard InChI is InChI=1S/C73H60N2/c1-46(2)49-26-34-54(35-27-49)74(52-30-22-47(3)23-31-52)56-38-40-66-69(45-56)72(65-43-42-64-60-18-11-10-17-59(60)62-20-13-21-63(65)70(62)64)67-41-39-57(44-68(67)71(66)61-19-12-15-50-14-8-9-16-58(50)61)75(53-32-24-48(4)25-33-53)55-36-28-51(29-37-55)73(5,6)7/h8-46H,1-7H3. The molecule has 12 aromatic rings. The van der Waals surface area contributed by atoms with E-state index in [0.29, 0.717) is 5.92 Å². The number of rotatable bonds is 9. The Balaban J connectivity index is 1.16. The zero-order valence-electron chi connectivity index (χ0n) is 43.9. The van der Waals surface area contributed by atoms with Crippen LogP contribution in [0.25, 0.3) is 87.6 Å². The second-order valence-electron chi connectivity index (χ2n) is 22.1. The average molecular weight is 965 g/mol. The van der Waals surface area contributed by atoms with E-state index in [1.807, 2.05) is 0 Å². The monoisotopic (exact) mass is 964 g/mol. The molecule has 0 atom stereocenters. The summed E-state index contributed by atoms with van der Waals surface area (Å²) in [6.07, 6.45) is 0. The van der Waals surface area contributed by atoms with Crippen molar-refractivity contribution in [2.24, 2.45) is 0 Å². The highest BCUT2D eigenvalue weighted by atomic mass is 15.1. The van der Waals surface area contributed by atoms with Gasteiger partial charge >= 0.3 is 0 Å². The van der Waals surface area contributed by atoms with Gasteiger partial charge in [0.15, 0.2) is 0 Å². The van der Waals surface area contributed by atoms with E-state index in [4.69, 9.17) is 0 Å². The second-order valence-corrected chi connectivity index (χ2v) is 22.1. The van der Waals surface area contributed by atoms with Gasteiger partial charge in [-0.3, -0.25) is 0 Å². The molecule has 0 saturated carbocycles. The van der Waals surface area contributed by atoms with E-state index < -0.39 is 0 Å². The van der Waals surface area contributed by atoms with Crippen LogP contribution in [-0.4, -0.2) is 0 Å². The molecule has 13 rings (SSSR count). The molecule has 1 aliphatic rings. The first kappa shape index (κ1) is 46.1. The summed E-state index contributed by atoms with van der Waals surface area (Å²) in [6, 6.07) is 87.2. The van der Waals surface area contributed by atoms with E-state index in [9.17, 15) is 0 Å². The zero-order valence-corrected chi connectivity index (χ0v) is 43.9. The fourth-order valence-electron chi connectivity index (χ4n) is 11.9. The molecule has 0 fully saturated rings. The van der Waals surface area contributed by atoms with E-state index in [0.717, 1.165) is 34.1 Å². The molecule has 2 heteroatoms. The van der Waals surface area contributed by atoms with Gasteiger partial charge in [-0.25, -0.2) is 0 Å². The summed E-state index contributed by atoms with van der Waals surface area (Å²) in [4.78, 5) is 4.87. The molecule has 0 bridgehead atoms. The van der Waals surface area contributed by atoms with Crippen LogP contribution in [0.1, 0.15) is 62.8 Å². The third-order valence-corrected chi connectivity index (χ3v) is 15.9. The molecule has 2 nitrogen and oxygen atoms in total. The summed E-state index contributed by atoms with van der Waals surface area (Å²) in [7, 11) is 0. The first-order valence-electron chi connectivity index (χ1n) is 26.6. The Morgan fingerprint density at radius 2 is 0.720 bits per heavy atom. The summed E-state index contributed by atoms with van der Waals surface area (Å²) >= 11 is 0. The maximum Gasteiger partial charge on any atom is 0.0468 e. The number of aryl methyl sites for hydroxylation is 2. The minimum Gasteiger partial charge on any atom is -0.310 e. The Labute approximate surface area is 441 Å². The summed E-state index contributed by atoms with van der Waals surface area (Å²) in [5.41, 5.74) is 21.9. The summed E-state index contributed by atoms with van der Waals surface area (Å²) in [5, 5.41) is 9.85. The van der Waals surface area contributed by atoms with Crippen molar-refractivity contribution < 1.29 is 0 Å². The van der Waals surface area contributed by atoms with Crippen LogP contribution in [0.5, 0.6) is 0 Å². The molecule has 362 valence electrons. The zero-order chi connectivity index (χ0) is 51.1. The summed E-state index contributed by atoms with van der Waals surface area (Å²) in [6.45, 7) is 15.7. The number of fused-ring (bicyclic) bond motifs is 6. The van der Waals surface area contributed by atoms with Crippen molar-refractivity contribution in [1.82, 2.24) is 0 Å². The van der Waals surface area contributed by atoms with Gasteiger partial charge in [-0.15, -0.1) is 0 Å². The topological polar surface area (TPSA) is 6.48 Å². The SMILES string of the molecule is Cc1ccc(N(c2ccc(C(C)(C)C)cc2)c2ccc3c(-c4ccc5c6c(cccc46)-c4ccccc4-5)c4cc(N(c5ccc(C)cc5)c5ccc(C(C)C)cc5)ccc4c(-c4cccc5ccccc45)c3c2)cc1. The van der Waals surface area contributed by atoms with E-state index in [1.165, 1.54) is 110 Å². The van der Waals surface area contributed by atoms with Crippen LogP contribution in [0.15, 0.2) is 231 Å². The molecular weight excluding hydrogens is 905 g/mol. The van der Waals surface area contributed by atoms with Crippen LogP contribution < -0.4 is 9.80 Å². The number of hydrogen-bond acceptors (Lipinski definition) is 2. The molecule has 0 unspecified atom stereocenters. The minimum absolute atomic E-state index is 0.0296. The molecule has 0 radical (unpaired) electrons. The van der Waals surface area contributed by atoms with Crippen LogP contribution in [0.2, 0.25) is 0 Å². The molecule has 0 heterocycles. The normalized spacial score (nSPS) is 12.1. The van der Waals surface area contributed by atoms with Crippen LogP contribution in [0.4, 0.5) is 34.1 Å². The molecule has 0 N–H and O–H groups in total. The largest absolute Gasteiger partial charge is 0.310 e. The van der Waals surface area contributed by atoms with Crippen molar-refractivity contribution >= 4 is 77.2 Å². The van der Waals surface area contributed by atoms with Crippen molar-refractivity contribution in [1.29, 1.82) is 0 Å². The van der Waals surface area contributed by atoms with Crippen LogP contribution in [0, 0.1) is 13.8 Å². The Morgan fingerprint density at radius 1 is 0.320 bits per heavy atom. The van der Waals surface area contributed by atoms with Crippen LogP contribution >= 0.6 is 0 Å². The molecule has 12 aromatic carbocycles. The molecule has 0 aromatic heterocycles. The highest BCUT2D eigenvalue weighted by molar-refractivity contribution is 6.28. The lowest BCUT2D eigenvalue weighted by Gasteiger charge is -2.29. The van der Waals surface area contributed by atoms with Gasteiger partial charge in [-0.05, 0) is 197 Å². The highest BCUT2D eigenvalue weighted by Gasteiger charge is 2.27. The number of nitrogens with zero attached hydrogens (tertiary/aromatic N) is 2. The van der Waals surface area contributed by atoms with E-state index in [2.05, 4.69) is 289 Å². The molecule has 0 amide bonds. The molecule has 0 aliphatic heterocycles. The lowest BCUT2D eigenvalue weighted by atomic mass is 9.82. The maximum atomic E-state index is 2.48. The molecule has 0 spiro atoms. The second kappa shape index (κ2) is 18.0. The highest BCUT2D eigenvalue weighted by Crippen LogP contribution is 2.54. The van der Waals surface area contributed by atoms with Gasteiger partial charge in [0.2, 0.25) is 0 Å². The fourth-order valence-corrected chi connectivity index (χ4v) is 11.9. The molecular formula is C73H60N2. The Morgan fingerprint density at radius 3 is 1.27 bits per heavy atom. The van der Waals surface area contributed by atoms with Crippen molar-refractivity contribution in [2.75, 3.05) is 9.80 Å². The van der Waals surface area contributed by atoms with Gasteiger partial charge < -0.3 is 9.80 Å². The predicted octanol–water partition coefficient (Wildman–Crippen LogP) is 21.3. The Bertz CT molecular complexity index is 4140. The predicted molar refractivity (Wildman–Crippen MR) is 323 cm³/mol. The van der Waals surface area contributed by atoms with Gasteiger partial charge in [0.05, 0.1) is 0 Å². The van der Waals surface area contributed by atoms with E-state index in [1.54, 1.807) is 0 Å². The molecule has 0 saturated heterocycles. The number of benzene rings is 12. The Kier molecular flexibility index (Phi) is 11.1. The first-order chi connectivity index (χ1) is 36.5. The minimum atomic E-state index is 0.0296. The third-order valence-electron chi connectivity index (χ3n) is 15.9. The van der Waals surface area contributed by atoms with Gasteiger partial charge in [0, 0.05) is 34.1 Å². The quantitative estimate of drug-likeness (QED) is 0.133. The average Bonchev–Trinajstić information content (AvgIpc) is 3.84. The van der Waals surface area contributed by atoms with Crippen molar-refractivity contribution in [3.63, 3.8) is 0 Å². The molecule has 1 aliphatic carbocycles. The van der Waals surface area contributed by atoms with Gasteiger partial charge in [-0.2, -0.15) is 0 Å². The molecule has 75 heavy (non-hydrogen) atoms. The van der Waals surface area contributed by atoms with Crippen molar-refractivity contribution in [3.8, 4) is 44.5 Å². The summed E-state index contributed by atoms with van der Waals surface area (Å²) in [5.74, 6) is 0.430. The van der Waals surface area contributed by atoms with Crippen molar-refractivity contribution in [3.05, 3.63) is 253 Å². The first-order valence-corrected chi connectivity index (χ1v) is 26.6. The van der Waals surface area contributed by atoms with E-state index >= 15 is 0 Å². The fraction of sp³-hybridized carbons (Fsp3) is 0.123. The lowest BCUT2D eigenvalue weighted by Crippen LogP contribution is -2.13. The van der Waals surface area contributed by atoms with Gasteiger partial charge in [0.1, 0.15) is 0 Å². The van der Waals surface area contributed by atoms with Crippen LogP contribution in [0.3, 0.4) is 0 Å². The third kappa shape index (κ3) is 7.87. The summed E-state index contributed by atoms with van der Waals surface area (Å²) < 4.78 is 0. The van der Waals surface area contributed by atoms with Gasteiger partial charge in [-0.1, -0.05) is 203 Å².